The smallest absolute Gasteiger partial charge is 1.00 e. The maximum Gasteiger partial charge on any atom is 3.00 e. The number of carboxylic acid groups (broad SMARTS) is 1. The molecule has 1 N–H and O–H groups in total. The maximum absolute atomic E-state index is 10.3. The molecule has 1 radical (unpaired) electrons. The van der Waals surface area contributed by atoms with Crippen LogP contribution >= 0.6 is 0 Å². The number of hydrogen-bond acceptors (Lipinski definition) is 1. The van der Waals surface area contributed by atoms with Gasteiger partial charge < -0.3 is 42.3 Å². The van der Waals surface area contributed by atoms with Gasteiger partial charge in [0.15, 0.2) is 0 Å². The minimum absolute atomic E-state index is 0. The average molecular weight is 447 g/mol. The Morgan fingerprint density at radius 1 is 0.583 bits per heavy atom. The second-order valence-corrected chi connectivity index (χ2v) is 6.09. The topological polar surface area (TPSA) is 37.3 Å². The van der Waals surface area contributed by atoms with Gasteiger partial charge in [-0.3, -0.25) is 4.79 Å². The molecule has 0 spiro atoms. The summed E-state index contributed by atoms with van der Waals surface area (Å²) in [5.41, 5.74) is 0. The monoisotopic (exact) mass is 445 g/mol. The van der Waals surface area contributed by atoms with Crippen LogP contribution in [0.1, 0.15) is 110 Å². The Labute approximate surface area is 179 Å². The first kappa shape index (κ1) is 35.9. The van der Waals surface area contributed by atoms with E-state index in [4.69, 9.17) is 5.11 Å². The van der Waals surface area contributed by atoms with Crippen molar-refractivity contribution >= 4 is 5.97 Å². The molecule has 0 unspecified atom stereocenters. The van der Waals surface area contributed by atoms with Crippen LogP contribution in [-0.2, 0) is 21.9 Å². The summed E-state index contributed by atoms with van der Waals surface area (Å²) in [5, 5.41) is 8.52. The summed E-state index contributed by atoms with van der Waals surface area (Å²) in [6.07, 6.45) is 20.2. The minimum atomic E-state index is -0.653. The van der Waals surface area contributed by atoms with Gasteiger partial charge in [-0.2, -0.15) is 0 Å². The van der Waals surface area contributed by atoms with Gasteiger partial charge in [0.1, 0.15) is 0 Å². The van der Waals surface area contributed by atoms with Crippen molar-refractivity contribution in [1.82, 2.24) is 0 Å². The third kappa shape index (κ3) is 34.2. The van der Waals surface area contributed by atoms with Crippen molar-refractivity contribution in [2.75, 3.05) is 0 Å². The molecule has 0 saturated heterocycles. The van der Waals surface area contributed by atoms with Crippen LogP contribution in [-0.4, -0.2) is 11.1 Å². The molecule has 0 amide bonds. The van der Waals surface area contributed by atoms with Crippen LogP contribution in [0.4, 0.5) is 0 Å². The second-order valence-electron chi connectivity index (χ2n) is 6.09. The fraction of sp³-hybridized carbons (Fsp3) is 0.944. The third-order valence-electron chi connectivity index (χ3n) is 3.99. The molecule has 0 fully saturated rings. The van der Waals surface area contributed by atoms with Gasteiger partial charge in [-0.1, -0.05) is 96.8 Å². The number of aliphatic carboxylic acids is 1. The first-order valence-electron chi connectivity index (χ1n) is 8.99. The van der Waals surface area contributed by atoms with Crippen LogP contribution in [0.3, 0.4) is 0 Å². The van der Waals surface area contributed by atoms with E-state index in [0.29, 0.717) is 6.42 Å². The molecular formula is C18H36Cl3FeO2. The molecule has 0 aliphatic heterocycles. The van der Waals surface area contributed by atoms with Gasteiger partial charge in [0.05, 0.1) is 0 Å². The Bertz CT molecular complexity index is 220. The Hall–Kier alpha value is 0.859. The van der Waals surface area contributed by atoms with Crippen LogP contribution < -0.4 is 37.2 Å². The molecule has 0 rings (SSSR count). The summed E-state index contributed by atoms with van der Waals surface area (Å²) in [4.78, 5) is 10.3. The number of hydrogen-bond donors (Lipinski definition) is 1. The average Bonchev–Trinajstić information content (AvgIpc) is 2.43. The Kier molecular flexibility index (Phi) is 47.3. The van der Waals surface area contributed by atoms with Gasteiger partial charge in [-0.25, -0.2) is 0 Å². The number of carboxylic acids is 1. The predicted octanol–water partition coefficient (Wildman–Crippen LogP) is -2.66. The van der Waals surface area contributed by atoms with Crippen LogP contribution in [0.25, 0.3) is 0 Å². The number of carbonyl (C=O) groups is 1. The fourth-order valence-electron chi connectivity index (χ4n) is 2.65. The van der Waals surface area contributed by atoms with Crippen molar-refractivity contribution in [3.05, 3.63) is 0 Å². The van der Waals surface area contributed by atoms with Crippen molar-refractivity contribution in [2.45, 2.75) is 110 Å². The molecule has 149 valence electrons. The molecule has 6 heteroatoms. The Morgan fingerprint density at radius 2 is 0.833 bits per heavy atom. The van der Waals surface area contributed by atoms with Gasteiger partial charge in [-0.05, 0) is 6.42 Å². The van der Waals surface area contributed by atoms with E-state index in [9.17, 15) is 4.79 Å². The molecule has 24 heavy (non-hydrogen) atoms. The van der Waals surface area contributed by atoms with E-state index < -0.39 is 5.97 Å². The number of unbranched alkanes of at least 4 members (excludes halogenated alkanes) is 14. The van der Waals surface area contributed by atoms with Gasteiger partial charge in [0.2, 0.25) is 0 Å². The molecular weight excluding hydrogens is 410 g/mol. The molecule has 0 saturated carbocycles. The normalized spacial score (nSPS) is 9.04. The molecule has 0 atom stereocenters. The zero-order chi connectivity index (χ0) is 14.9. The van der Waals surface area contributed by atoms with E-state index in [-0.39, 0.29) is 54.3 Å². The maximum atomic E-state index is 10.3. The number of halogens is 3. The largest absolute Gasteiger partial charge is 3.00 e. The van der Waals surface area contributed by atoms with E-state index in [2.05, 4.69) is 6.92 Å². The number of rotatable bonds is 16. The van der Waals surface area contributed by atoms with Crippen molar-refractivity contribution in [3.8, 4) is 0 Å². The van der Waals surface area contributed by atoms with E-state index in [1.165, 1.54) is 83.5 Å². The van der Waals surface area contributed by atoms with E-state index >= 15 is 0 Å². The molecule has 2 nitrogen and oxygen atoms in total. The van der Waals surface area contributed by atoms with Gasteiger partial charge in [0, 0.05) is 6.42 Å². The third-order valence-corrected chi connectivity index (χ3v) is 3.99. The molecule has 0 bridgehead atoms. The molecule has 0 aliphatic rings. The van der Waals surface area contributed by atoms with Crippen molar-refractivity contribution in [2.24, 2.45) is 0 Å². The fourth-order valence-corrected chi connectivity index (χ4v) is 2.65. The quantitative estimate of drug-likeness (QED) is 0.208. The summed E-state index contributed by atoms with van der Waals surface area (Å²) in [7, 11) is 0. The summed E-state index contributed by atoms with van der Waals surface area (Å²) < 4.78 is 0. The zero-order valence-corrected chi connectivity index (χ0v) is 18.5. The zero-order valence-electron chi connectivity index (χ0n) is 15.2. The predicted molar refractivity (Wildman–Crippen MR) is 87.2 cm³/mol. The van der Waals surface area contributed by atoms with Crippen molar-refractivity contribution in [1.29, 1.82) is 0 Å². The Balaban J connectivity index is -0.000000301. The second kappa shape index (κ2) is 31.6. The van der Waals surface area contributed by atoms with Crippen molar-refractivity contribution in [3.63, 3.8) is 0 Å². The van der Waals surface area contributed by atoms with Crippen LogP contribution in [0.2, 0.25) is 0 Å². The van der Waals surface area contributed by atoms with E-state index in [0.717, 1.165) is 12.8 Å². The van der Waals surface area contributed by atoms with Crippen molar-refractivity contribution < 1.29 is 64.2 Å². The molecule has 0 aromatic carbocycles. The molecule has 0 aromatic heterocycles. The SMILES string of the molecule is CCCCCCCCCCCCCCCCCC(=O)O.[Cl-].[Cl-].[Cl-].[Fe+3]. The van der Waals surface area contributed by atoms with Crippen LogP contribution in [0, 0.1) is 0 Å². The summed E-state index contributed by atoms with van der Waals surface area (Å²) in [5.74, 6) is -0.653. The van der Waals surface area contributed by atoms with Gasteiger partial charge in [0.25, 0.3) is 0 Å². The summed E-state index contributed by atoms with van der Waals surface area (Å²) in [6.45, 7) is 2.27. The van der Waals surface area contributed by atoms with Gasteiger partial charge >= 0.3 is 23.0 Å². The van der Waals surface area contributed by atoms with E-state index in [1.54, 1.807) is 0 Å². The molecule has 0 aliphatic carbocycles. The standard InChI is InChI=1S/C18H36O2.3ClH.Fe/c1-2-3-4-5-6-7-8-9-10-11-12-13-14-15-16-17-18(19)20;;;;/h2-17H2,1H3,(H,19,20);3*1H;/q;;;;+3/p-3. The van der Waals surface area contributed by atoms with Crippen LogP contribution in [0.15, 0.2) is 0 Å². The summed E-state index contributed by atoms with van der Waals surface area (Å²) in [6, 6.07) is 0. The molecule has 0 aromatic rings. The Morgan fingerprint density at radius 3 is 1.08 bits per heavy atom. The van der Waals surface area contributed by atoms with Crippen LogP contribution in [0.5, 0.6) is 0 Å². The first-order valence-corrected chi connectivity index (χ1v) is 8.99. The minimum Gasteiger partial charge on any atom is -1.00 e. The van der Waals surface area contributed by atoms with Gasteiger partial charge in [-0.15, -0.1) is 0 Å². The molecule has 0 heterocycles. The van der Waals surface area contributed by atoms with E-state index in [1.807, 2.05) is 0 Å². The summed E-state index contributed by atoms with van der Waals surface area (Å²) >= 11 is 0. The first-order chi connectivity index (χ1) is 9.77.